The van der Waals surface area contributed by atoms with E-state index in [1.807, 2.05) is 0 Å². The Balaban J connectivity index is 1.27. The van der Waals surface area contributed by atoms with Gasteiger partial charge in [-0.05, 0) is 24.1 Å². The van der Waals surface area contributed by atoms with Crippen molar-refractivity contribution in [1.29, 1.82) is 0 Å². The van der Waals surface area contributed by atoms with Crippen molar-refractivity contribution in [3.8, 4) is 0 Å². The Morgan fingerprint density at radius 2 is 1.90 bits per heavy atom. The van der Waals surface area contributed by atoms with Gasteiger partial charge in [0.25, 0.3) is 0 Å². The number of halogens is 3. The summed E-state index contributed by atoms with van der Waals surface area (Å²) in [5.41, 5.74) is 0.537. The van der Waals surface area contributed by atoms with E-state index in [1.54, 1.807) is 20.7 Å². The number of likely N-dealkylation sites (tertiary alicyclic amines) is 2. The van der Waals surface area contributed by atoms with Crippen LogP contribution in [0, 0.1) is 0 Å². The lowest BCUT2D eigenvalue weighted by Crippen LogP contribution is -2.51. The highest BCUT2D eigenvalue weighted by molar-refractivity contribution is 5.79. The van der Waals surface area contributed by atoms with Crippen molar-refractivity contribution >= 4 is 11.8 Å². The van der Waals surface area contributed by atoms with Gasteiger partial charge in [0.05, 0.1) is 30.8 Å². The molecule has 0 unspecified atom stereocenters. The molecule has 154 valence electrons. The van der Waals surface area contributed by atoms with E-state index in [2.05, 4.69) is 10.3 Å². The summed E-state index contributed by atoms with van der Waals surface area (Å²) in [5, 5.41) is 8.21. The van der Waals surface area contributed by atoms with E-state index in [-0.39, 0.29) is 24.3 Å². The molecule has 2 aliphatic heterocycles. The van der Waals surface area contributed by atoms with E-state index in [0.717, 1.165) is 30.8 Å². The minimum Gasteiger partial charge on any atom is -0.338 e. The van der Waals surface area contributed by atoms with Gasteiger partial charge in [0, 0.05) is 26.1 Å². The van der Waals surface area contributed by atoms with Gasteiger partial charge in [0.1, 0.15) is 5.69 Å². The molecule has 3 heterocycles. The third-order valence-electron chi connectivity index (χ3n) is 5.31. The molecule has 0 aliphatic carbocycles. The topological polar surface area (TPSA) is 71.3 Å². The minimum atomic E-state index is -4.38. The number of aromatic nitrogens is 3. The third kappa shape index (κ3) is 4.25. The van der Waals surface area contributed by atoms with Crippen molar-refractivity contribution in [2.75, 3.05) is 19.6 Å². The summed E-state index contributed by atoms with van der Waals surface area (Å²) >= 11 is 0. The van der Waals surface area contributed by atoms with Gasteiger partial charge in [-0.2, -0.15) is 13.2 Å². The molecule has 0 spiro atoms. The minimum absolute atomic E-state index is 0.0158. The fourth-order valence-electron chi connectivity index (χ4n) is 3.56. The van der Waals surface area contributed by atoms with Crippen molar-refractivity contribution < 1.29 is 22.8 Å². The smallest absolute Gasteiger partial charge is 0.338 e. The zero-order chi connectivity index (χ0) is 20.6. The lowest BCUT2D eigenvalue weighted by Gasteiger charge is -2.39. The molecule has 0 N–H and O–H groups in total. The largest absolute Gasteiger partial charge is 0.416 e. The van der Waals surface area contributed by atoms with Crippen LogP contribution in [0.3, 0.4) is 0 Å². The van der Waals surface area contributed by atoms with Gasteiger partial charge in [0.15, 0.2) is 0 Å². The Morgan fingerprint density at radius 1 is 1.17 bits per heavy atom. The number of alkyl halides is 3. The summed E-state index contributed by atoms with van der Waals surface area (Å²) < 4.78 is 39.5. The first-order valence-electron chi connectivity index (χ1n) is 9.42. The molecule has 0 saturated carbocycles. The molecule has 0 atom stereocenters. The maximum Gasteiger partial charge on any atom is 0.416 e. The zero-order valence-corrected chi connectivity index (χ0v) is 15.6. The summed E-state index contributed by atoms with van der Waals surface area (Å²) in [6.07, 6.45) is -1.08. The average molecular weight is 407 g/mol. The SMILES string of the molecule is O=C1CCCN1Cc1cn(C2CN(C(=O)Cc3ccc(C(F)(F)F)cc3)C2)nn1. The average Bonchev–Trinajstić information content (AvgIpc) is 3.23. The van der Waals surface area contributed by atoms with E-state index in [9.17, 15) is 22.8 Å². The number of benzene rings is 1. The summed E-state index contributed by atoms with van der Waals surface area (Å²) in [4.78, 5) is 27.4. The molecule has 2 fully saturated rings. The van der Waals surface area contributed by atoms with Gasteiger partial charge in [-0.15, -0.1) is 5.10 Å². The number of hydrogen-bond acceptors (Lipinski definition) is 4. The maximum atomic E-state index is 12.6. The highest BCUT2D eigenvalue weighted by Crippen LogP contribution is 2.29. The van der Waals surface area contributed by atoms with Gasteiger partial charge >= 0.3 is 6.18 Å². The number of carbonyl (C=O) groups is 2. The van der Waals surface area contributed by atoms with Crippen LogP contribution < -0.4 is 0 Å². The Hall–Kier alpha value is -2.91. The number of amides is 2. The first kappa shape index (κ1) is 19.4. The van der Waals surface area contributed by atoms with Crippen LogP contribution in [0.4, 0.5) is 13.2 Å². The molecule has 2 aliphatic rings. The molecule has 7 nitrogen and oxygen atoms in total. The predicted octanol–water partition coefficient (Wildman–Crippen LogP) is 2.05. The third-order valence-corrected chi connectivity index (χ3v) is 5.31. The molecule has 0 radical (unpaired) electrons. The fraction of sp³-hybridized carbons (Fsp3) is 0.474. The summed E-state index contributed by atoms with van der Waals surface area (Å²) in [5.74, 6) is -0.00718. The van der Waals surface area contributed by atoms with Gasteiger partial charge in [0.2, 0.25) is 11.8 Å². The van der Waals surface area contributed by atoms with Crippen LogP contribution in [0.5, 0.6) is 0 Å². The van der Waals surface area contributed by atoms with Crippen molar-refractivity contribution in [1.82, 2.24) is 24.8 Å². The van der Waals surface area contributed by atoms with Crippen molar-refractivity contribution in [2.24, 2.45) is 0 Å². The molecule has 10 heteroatoms. The second-order valence-electron chi connectivity index (χ2n) is 7.43. The molecule has 1 aromatic heterocycles. The van der Waals surface area contributed by atoms with Gasteiger partial charge in [-0.3, -0.25) is 9.59 Å². The number of nitrogens with zero attached hydrogens (tertiary/aromatic N) is 5. The van der Waals surface area contributed by atoms with Crippen LogP contribution in [0.25, 0.3) is 0 Å². The Kier molecular flexibility index (Phi) is 5.01. The molecular formula is C19H20F3N5O2. The van der Waals surface area contributed by atoms with Gasteiger partial charge in [-0.1, -0.05) is 17.3 Å². The Labute approximate surface area is 165 Å². The van der Waals surface area contributed by atoms with Crippen molar-refractivity contribution in [2.45, 2.75) is 38.0 Å². The van der Waals surface area contributed by atoms with E-state index in [1.165, 1.54) is 12.1 Å². The van der Waals surface area contributed by atoms with Crippen LogP contribution in [0.1, 0.15) is 35.7 Å². The molecule has 2 aromatic rings. The summed E-state index contributed by atoms with van der Waals surface area (Å²) in [7, 11) is 0. The van der Waals surface area contributed by atoms with E-state index in [0.29, 0.717) is 31.6 Å². The van der Waals surface area contributed by atoms with Crippen molar-refractivity contribution in [3.63, 3.8) is 0 Å². The normalized spacial score (nSPS) is 17.7. The lowest BCUT2D eigenvalue weighted by molar-refractivity contribution is -0.137. The van der Waals surface area contributed by atoms with Crippen LogP contribution in [-0.2, 0) is 28.7 Å². The molecule has 0 bridgehead atoms. The first-order chi connectivity index (χ1) is 13.8. The fourth-order valence-corrected chi connectivity index (χ4v) is 3.56. The molecule has 4 rings (SSSR count). The van der Waals surface area contributed by atoms with Gasteiger partial charge < -0.3 is 9.80 Å². The van der Waals surface area contributed by atoms with E-state index < -0.39 is 11.7 Å². The summed E-state index contributed by atoms with van der Waals surface area (Å²) in [6, 6.07) is 4.66. The van der Waals surface area contributed by atoms with Crippen LogP contribution in [0.15, 0.2) is 30.5 Å². The molecular weight excluding hydrogens is 387 g/mol. The maximum absolute atomic E-state index is 12.6. The second-order valence-corrected chi connectivity index (χ2v) is 7.43. The summed E-state index contributed by atoms with van der Waals surface area (Å²) in [6.45, 7) is 2.14. The zero-order valence-electron chi connectivity index (χ0n) is 15.6. The quantitative estimate of drug-likeness (QED) is 0.761. The first-order valence-corrected chi connectivity index (χ1v) is 9.42. The Bertz CT molecular complexity index is 903. The molecule has 1 aromatic carbocycles. The molecule has 2 saturated heterocycles. The molecule has 29 heavy (non-hydrogen) atoms. The molecule has 2 amide bonds. The number of hydrogen-bond donors (Lipinski definition) is 0. The monoisotopic (exact) mass is 407 g/mol. The van der Waals surface area contributed by atoms with Crippen LogP contribution in [-0.4, -0.2) is 56.2 Å². The van der Waals surface area contributed by atoms with Crippen LogP contribution in [0.2, 0.25) is 0 Å². The highest BCUT2D eigenvalue weighted by Gasteiger charge is 2.33. The van der Waals surface area contributed by atoms with Crippen molar-refractivity contribution in [3.05, 3.63) is 47.3 Å². The number of rotatable bonds is 5. The lowest BCUT2D eigenvalue weighted by atomic mass is 10.0. The van der Waals surface area contributed by atoms with E-state index in [4.69, 9.17) is 0 Å². The number of carbonyl (C=O) groups excluding carboxylic acids is 2. The highest BCUT2D eigenvalue weighted by atomic mass is 19.4. The predicted molar refractivity (Wildman–Crippen MR) is 95.4 cm³/mol. The second kappa shape index (κ2) is 7.49. The Morgan fingerprint density at radius 3 is 2.52 bits per heavy atom. The van der Waals surface area contributed by atoms with Gasteiger partial charge in [-0.25, -0.2) is 4.68 Å². The van der Waals surface area contributed by atoms with Crippen LogP contribution >= 0.6 is 0 Å². The van der Waals surface area contributed by atoms with E-state index >= 15 is 0 Å². The standard InChI is InChI=1S/C19H20F3N5O2/c20-19(21,22)14-5-3-13(4-6-14)8-18(29)26-11-16(12-26)27-10-15(23-24-27)9-25-7-1-2-17(25)28/h3-6,10,16H,1-2,7-9,11-12H2.